The van der Waals surface area contributed by atoms with Crippen LogP contribution in [-0.2, 0) is 0 Å². The van der Waals surface area contributed by atoms with Gasteiger partial charge in [0.2, 0.25) is 0 Å². The van der Waals surface area contributed by atoms with Gasteiger partial charge in [-0.1, -0.05) is 39.2 Å². The van der Waals surface area contributed by atoms with Gasteiger partial charge in [-0.05, 0) is 30.7 Å². The highest BCUT2D eigenvalue weighted by Crippen LogP contribution is 2.23. The summed E-state index contributed by atoms with van der Waals surface area (Å²) in [5.41, 5.74) is 7.68. The van der Waals surface area contributed by atoms with Crippen molar-refractivity contribution in [1.82, 2.24) is 0 Å². The van der Waals surface area contributed by atoms with Gasteiger partial charge in [0.05, 0.1) is 0 Å². The molecule has 0 radical (unpaired) electrons. The van der Waals surface area contributed by atoms with Crippen molar-refractivity contribution in [2.75, 3.05) is 6.54 Å². The lowest BCUT2D eigenvalue weighted by molar-refractivity contribution is 1.15. The molecule has 0 atom stereocenters. The van der Waals surface area contributed by atoms with E-state index < -0.39 is 0 Å². The number of benzene rings is 1. The highest BCUT2D eigenvalue weighted by molar-refractivity contribution is 9.10. The fourth-order valence-electron chi connectivity index (χ4n) is 0.950. The first kappa shape index (κ1) is 10.8. The van der Waals surface area contributed by atoms with E-state index in [1.165, 1.54) is 0 Å². The predicted molar refractivity (Wildman–Crippen MR) is 61.9 cm³/mol. The first-order chi connectivity index (χ1) is 6.13. The molecule has 1 aromatic rings. The molecular weight excluding hydrogens is 249 g/mol. The summed E-state index contributed by atoms with van der Waals surface area (Å²) in [6.45, 7) is 2.56. The standard InChI is InChI=1S/C10H11BrClN/c1-7(6-13)4-8-5-9(12)2-3-10(8)11/h2-5H,6,13H2,1H3/b7-4-. The molecule has 13 heavy (non-hydrogen) atoms. The molecule has 0 fully saturated rings. The van der Waals surface area contributed by atoms with E-state index in [9.17, 15) is 0 Å². The third-order valence-electron chi connectivity index (χ3n) is 1.68. The van der Waals surface area contributed by atoms with Gasteiger partial charge in [-0.3, -0.25) is 0 Å². The summed E-state index contributed by atoms with van der Waals surface area (Å²) >= 11 is 9.31. The highest BCUT2D eigenvalue weighted by Gasteiger charge is 1.97. The van der Waals surface area contributed by atoms with Crippen LogP contribution < -0.4 is 5.73 Å². The van der Waals surface area contributed by atoms with Gasteiger partial charge >= 0.3 is 0 Å². The zero-order valence-corrected chi connectivity index (χ0v) is 9.69. The number of nitrogens with two attached hydrogens (primary N) is 1. The van der Waals surface area contributed by atoms with Gasteiger partial charge < -0.3 is 5.73 Å². The average molecular weight is 261 g/mol. The molecule has 0 saturated heterocycles. The maximum atomic E-state index is 5.86. The van der Waals surface area contributed by atoms with Gasteiger partial charge in [-0.25, -0.2) is 0 Å². The quantitative estimate of drug-likeness (QED) is 0.866. The second kappa shape index (κ2) is 4.80. The Hall–Kier alpha value is -0.310. The monoisotopic (exact) mass is 259 g/mol. The Morgan fingerprint density at radius 2 is 2.31 bits per heavy atom. The minimum absolute atomic E-state index is 0.568. The van der Waals surface area contributed by atoms with E-state index >= 15 is 0 Å². The zero-order chi connectivity index (χ0) is 9.84. The molecule has 0 aliphatic carbocycles. The normalized spacial score (nSPS) is 11.8. The van der Waals surface area contributed by atoms with Gasteiger partial charge in [0.25, 0.3) is 0 Å². The molecule has 70 valence electrons. The number of halogens is 2. The molecule has 1 aromatic carbocycles. The van der Waals surface area contributed by atoms with Crippen LogP contribution >= 0.6 is 27.5 Å². The molecule has 0 aliphatic heterocycles. The van der Waals surface area contributed by atoms with Gasteiger partial charge in [0, 0.05) is 16.0 Å². The average Bonchev–Trinajstić information content (AvgIpc) is 2.11. The van der Waals surface area contributed by atoms with E-state index in [4.69, 9.17) is 17.3 Å². The summed E-state index contributed by atoms with van der Waals surface area (Å²) in [6.07, 6.45) is 2.02. The highest BCUT2D eigenvalue weighted by atomic mass is 79.9. The molecule has 1 nitrogen and oxygen atoms in total. The van der Waals surface area contributed by atoms with E-state index in [0.717, 1.165) is 20.6 Å². The fourth-order valence-corrected chi connectivity index (χ4v) is 1.49. The number of rotatable bonds is 2. The molecule has 1 rings (SSSR count). The van der Waals surface area contributed by atoms with Crippen molar-refractivity contribution in [1.29, 1.82) is 0 Å². The van der Waals surface area contributed by atoms with E-state index in [2.05, 4.69) is 15.9 Å². The van der Waals surface area contributed by atoms with Gasteiger partial charge in [-0.2, -0.15) is 0 Å². The topological polar surface area (TPSA) is 26.0 Å². The molecule has 0 aliphatic rings. The van der Waals surface area contributed by atoms with Crippen LogP contribution in [0.5, 0.6) is 0 Å². The first-order valence-corrected chi connectivity index (χ1v) is 5.13. The fraction of sp³-hybridized carbons (Fsp3) is 0.200. The zero-order valence-electron chi connectivity index (χ0n) is 7.35. The summed E-state index contributed by atoms with van der Waals surface area (Å²) in [6, 6.07) is 5.68. The lowest BCUT2D eigenvalue weighted by atomic mass is 10.1. The Morgan fingerprint density at radius 1 is 1.62 bits per heavy atom. The number of hydrogen-bond donors (Lipinski definition) is 1. The third kappa shape index (κ3) is 3.14. The van der Waals surface area contributed by atoms with Crippen LogP contribution in [0, 0.1) is 0 Å². The van der Waals surface area contributed by atoms with Crippen molar-refractivity contribution in [3.63, 3.8) is 0 Å². The lowest BCUT2D eigenvalue weighted by Crippen LogP contribution is -1.99. The van der Waals surface area contributed by atoms with Gasteiger partial charge in [-0.15, -0.1) is 0 Å². The first-order valence-electron chi connectivity index (χ1n) is 3.96. The SMILES string of the molecule is C/C(=C/c1cc(Cl)ccc1Br)CN. The maximum absolute atomic E-state index is 5.86. The largest absolute Gasteiger partial charge is 0.327 e. The second-order valence-electron chi connectivity index (χ2n) is 2.86. The predicted octanol–water partition coefficient (Wildman–Crippen LogP) is 3.46. The smallest absolute Gasteiger partial charge is 0.0412 e. The Kier molecular flexibility index (Phi) is 3.97. The van der Waals surface area contributed by atoms with Crippen LogP contribution in [0.15, 0.2) is 28.2 Å². The van der Waals surface area contributed by atoms with Crippen molar-refractivity contribution < 1.29 is 0 Å². The van der Waals surface area contributed by atoms with Crippen molar-refractivity contribution in [2.45, 2.75) is 6.92 Å². The number of hydrogen-bond acceptors (Lipinski definition) is 1. The van der Waals surface area contributed by atoms with E-state index in [-0.39, 0.29) is 0 Å². The molecule has 0 bridgehead atoms. The Balaban J connectivity index is 3.07. The Morgan fingerprint density at radius 3 is 2.92 bits per heavy atom. The summed E-state index contributed by atoms with van der Waals surface area (Å²) in [5.74, 6) is 0. The van der Waals surface area contributed by atoms with E-state index in [1.807, 2.05) is 31.2 Å². The maximum Gasteiger partial charge on any atom is 0.0412 e. The Labute approximate surface area is 91.7 Å². The van der Waals surface area contributed by atoms with Crippen molar-refractivity contribution >= 4 is 33.6 Å². The second-order valence-corrected chi connectivity index (χ2v) is 4.15. The molecular formula is C10H11BrClN. The van der Waals surface area contributed by atoms with Gasteiger partial charge in [0.1, 0.15) is 0 Å². The molecule has 0 saturated carbocycles. The van der Waals surface area contributed by atoms with E-state index in [0.29, 0.717) is 6.54 Å². The summed E-state index contributed by atoms with van der Waals surface area (Å²) in [7, 11) is 0. The minimum atomic E-state index is 0.568. The molecule has 0 heterocycles. The van der Waals surface area contributed by atoms with Crippen LogP contribution in [0.1, 0.15) is 12.5 Å². The molecule has 0 amide bonds. The van der Waals surface area contributed by atoms with Gasteiger partial charge in [0.15, 0.2) is 0 Å². The summed E-state index contributed by atoms with van der Waals surface area (Å²) in [4.78, 5) is 0. The molecule has 0 aromatic heterocycles. The molecule has 0 spiro atoms. The molecule has 0 unspecified atom stereocenters. The lowest BCUT2D eigenvalue weighted by Gasteiger charge is -2.01. The van der Waals surface area contributed by atoms with Crippen LogP contribution in [0.4, 0.5) is 0 Å². The van der Waals surface area contributed by atoms with Crippen LogP contribution in [0.3, 0.4) is 0 Å². The van der Waals surface area contributed by atoms with Crippen LogP contribution in [0.25, 0.3) is 6.08 Å². The Bertz CT molecular complexity index is 334. The van der Waals surface area contributed by atoms with Crippen molar-refractivity contribution in [2.24, 2.45) is 5.73 Å². The molecule has 2 N–H and O–H groups in total. The molecule has 3 heteroatoms. The summed E-state index contributed by atoms with van der Waals surface area (Å²) in [5, 5.41) is 0.735. The van der Waals surface area contributed by atoms with Crippen LogP contribution in [0.2, 0.25) is 5.02 Å². The van der Waals surface area contributed by atoms with Crippen molar-refractivity contribution in [3.05, 3.63) is 38.8 Å². The van der Waals surface area contributed by atoms with E-state index in [1.54, 1.807) is 0 Å². The summed E-state index contributed by atoms with van der Waals surface area (Å²) < 4.78 is 1.03. The third-order valence-corrected chi connectivity index (χ3v) is 2.64. The van der Waals surface area contributed by atoms with Crippen LogP contribution in [-0.4, -0.2) is 6.54 Å². The van der Waals surface area contributed by atoms with Crippen molar-refractivity contribution in [3.8, 4) is 0 Å². The minimum Gasteiger partial charge on any atom is -0.327 e.